The SMILES string of the molecule is Cc1cc2nc(SCC(=O)NCCC(C)C)n(-c3ccccc3)c(=O)c2[nH]1. The molecule has 0 fully saturated rings. The molecule has 27 heavy (non-hydrogen) atoms. The number of para-hydroxylation sites is 1. The van der Waals surface area contributed by atoms with Crippen LogP contribution < -0.4 is 10.9 Å². The van der Waals surface area contributed by atoms with Gasteiger partial charge >= 0.3 is 0 Å². The Kier molecular flexibility index (Phi) is 6.01. The third-order valence-electron chi connectivity index (χ3n) is 4.15. The molecule has 7 heteroatoms. The Hall–Kier alpha value is -2.54. The van der Waals surface area contributed by atoms with Gasteiger partial charge in [-0.2, -0.15) is 0 Å². The highest BCUT2D eigenvalue weighted by atomic mass is 32.2. The fraction of sp³-hybridized carbons (Fsp3) is 0.350. The fourth-order valence-electron chi connectivity index (χ4n) is 2.76. The Bertz CT molecular complexity index is 992. The number of nitrogens with one attached hydrogen (secondary N) is 2. The Morgan fingerprint density at radius 3 is 2.74 bits per heavy atom. The van der Waals surface area contributed by atoms with Crippen molar-refractivity contribution >= 4 is 28.7 Å². The van der Waals surface area contributed by atoms with Crippen molar-refractivity contribution in [2.75, 3.05) is 12.3 Å². The van der Waals surface area contributed by atoms with E-state index in [-0.39, 0.29) is 17.2 Å². The van der Waals surface area contributed by atoms with Crippen molar-refractivity contribution in [2.24, 2.45) is 5.92 Å². The van der Waals surface area contributed by atoms with Gasteiger partial charge in [-0.25, -0.2) is 4.98 Å². The van der Waals surface area contributed by atoms with Gasteiger partial charge in [0.15, 0.2) is 5.16 Å². The number of carbonyl (C=O) groups is 1. The summed E-state index contributed by atoms with van der Waals surface area (Å²) in [6, 6.07) is 11.2. The van der Waals surface area contributed by atoms with Crippen LogP contribution in [-0.4, -0.2) is 32.7 Å². The lowest BCUT2D eigenvalue weighted by atomic mass is 10.1. The number of thioether (sulfide) groups is 1. The topological polar surface area (TPSA) is 79.8 Å². The van der Waals surface area contributed by atoms with Gasteiger partial charge < -0.3 is 10.3 Å². The molecule has 0 saturated carbocycles. The van der Waals surface area contributed by atoms with Crippen LogP contribution in [0.3, 0.4) is 0 Å². The second-order valence-electron chi connectivity index (χ2n) is 6.90. The maximum atomic E-state index is 13.0. The van der Waals surface area contributed by atoms with Gasteiger partial charge in [-0.05, 0) is 37.5 Å². The highest BCUT2D eigenvalue weighted by Crippen LogP contribution is 2.21. The number of aromatic amines is 1. The Morgan fingerprint density at radius 1 is 1.30 bits per heavy atom. The third-order valence-corrected chi connectivity index (χ3v) is 5.09. The summed E-state index contributed by atoms with van der Waals surface area (Å²) in [5.41, 5.74) is 2.53. The van der Waals surface area contributed by atoms with Gasteiger partial charge in [-0.15, -0.1) is 0 Å². The zero-order valence-corrected chi connectivity index (χ0v) is 16.6. The van der Waals surface area contributed by atoms with Crippen molar-refractivity contribution in [2.45, 2.75) is 32.3 Å². The molecule has 1 aromatic carbocycles. The number of carbonyl (C=O) groups excluding carboxylic acids is 1. The molecule has 0 radical (unpaired) electrons. The minimum Gasteiger partial charge on any atom is -0.355 e. The molecule has 0 saturated heterocycles. The summed E-state index contributed by atoms with van der Waals surface area (Å²) in [5.74, 6) is 0.703. The zero-order valence-electron chi connectivity index (χ0n) is 15.8. The predicted octanol–water partition coefficient (Wildman–Crippen LogP) is 3.28. The molecule has 0 unspecified atom stereocenters. The average Bonchev–Trinajstić information content (AvgIpc) is 3.01. The van der Waals surface area contributed by atoms with E-state index < -0.39 is 0 Å². The summed E-state index contributed by atoms with van der Waals surface area (Å²) in [6.07, 6.45) is 0.942. The fourth-order valence-corrected chi connectivity index (χ4v) is 3.60. The number of nitrogens with zero attached hydrogens (tertiary/aromatic N) is 2. The summed E-state index contributed by atoms with van der Waals surface area (Å²) in [7, 11) is 0. The Labute approximate surface area is 162 Å². The van der Waals surface area contributed by atoms with Crippen LogP contribution >= 0.6 is 11.8 Å². The quantitative estimate of drug-likeness (QED) is 0.484. The molecule has 0 bridgehead atoms. The molecule has 6 nitrogen and oxygen atoms in total. The van der Waals surface area contributed by atoms with E-state index in [1.165, 1.54) is 11.8 Å². The third kappa shape index (κ3) is 4.60. The van der Waals surface area contributed by atoms with E-state index in [0.29, 0.717) is 28.7 Å². The molecule has 2 N–H and O–H groups in total. The minimum atomic E-state index is -0.165. The summed E-state index contributed by atoms with van der Waals surface area (Å²) in [6.45, 7) is 6.80. The van der Waals surface area contributed by atoms with Crippen molar-refractivity contribution in [1.29, 1.82) is 0 Å². The van der Waals surface area contributed by atoms with Crippen LogP contribution in [0.15, 0.2) is 46.3 Å². The molecular weight excluding hydrogens is 360 g/mol. The van der Waals surface area contributed by atoms with Crippen LogP contribution in [-0.2, 0) is 4.79 Å². The number of H-pyrrole nitrogens is 1. The van der Waals surface area contributed by atoms with Gasteiger partial charge in [0, 0.05) is 12.2 Å². The van der Waals surface area contributed by atoms with Crippen molar-refractivity contribution in [1.82, 2.24) is 19.9 Å². The predicted molar refractivity (Wildman–Crippen MR) is 110 cm³/mol. The number of benzene rings is 1. The Morgan fingerprint density at radius 2 is 2.04 bits per heavy atom. The molecule has 0 spiro atoms. The molecule has 2 heterocycles. The van der Waals surface area contributed by atoms with Gasteiger partial charge in [0.25, 0.3) is 5.56 Å². The van der Waals surface area contributed by atoms with Crippen LogP contribution in [0.4, 0.5) is 0 Å². The highest BCUT2D eigenvalue weighted by Gasteiger charge is 2.16. The van der Waals surface area contributed by atoms with Gasteiger partial charge in [-0.3, -0.25) is 14.2 Å². The highest BCUT2D eigenvalue weighted by molar-refractivity contribution is 7.99. The lowest BCUT2D eigenvalue weighted by molar-refractivity contribution is -0.118. The second-order valence-corrected chi connectivity index (χ2v) is 7.85. The van der Waals surface area contributed by atoms with E-state index in [2.05, 4.69) is 29.1 Å². The van der Waals surface area contributed by atoms with Crippen molar-refractivity contribution in [3.05, 3.63) is 52.4 Å². The smallest absolute Gasteiger partial charge is 0.283 e. The lowest BCUT2D eigenvalue weighted by Crippen LogP contribution is -2.28. The van der Waals surface area contributed by atoms with Gasteiger partial charge in [0.1, 0.15) is 5.52 Å². The first-order valence-corrected chi connectivity index (χ1v) is 10.0. The minimum absolute atomic E-state index is 0.0557. The summed E-state index contributed by atoms with van der Waals surface area (Å²) in [4.78, 5) is 32.9. The van der Waals surface area contributed by atoms with Crippen LogP contribution in [0, 0.1) is 12.8 Å². The number of fused-ring (bicyclic) bond motifs is 1. The second kappa shape index (κ2) is 8.43. The average molecular weight is 385 g/mol. The van der Waals surface area contributed by atoms with Crippen molar-refractivity contribution < 1.29 is 4.79 Å². The summed E-state index contributed by atoms with van der Waals surface area (Å²) >= 11 is 1.27. The first kappa shape index (κ1) is 19.2. The van der Waals surface area contributed by atoms with Gasteiger partial charge in [0.2, 0.25) is 5.91 Å². The normalized spacial score (nSPS) is 11.3. The number of aromatic nitrogens is 3. The number of hydrogen-bond acceptors (Lipinski definition) is 4. The van der Waals surface area contributed by atoms with E-state index in [4.69, 9.17) is 0 Å². The van der Waals surface area contributed by atoms with Crippen LogP contribution in [0.2, 0.25) is 0 Å². The molecule has 142 valence electrons. The van der Waals surface area contributed by atoms with Crippen LogP contribution in [0.1, 0.15) is 26.0 Å². The van der Waals surface area contributed by atoms with E-state index in [0.717, 1.165) is 17.8 Å². The largest absolute Gasteiger partial charge is 0.355 e. The van der Waals surface area contributed by atoms with E-state index in [1.54, 1.807) is 4.57 Å². The molecule has 0 atom stereocenters. The van der Waals surface area contributed by atoms with E-state index in [1.807, 2.05) is 43.3 Å². The number of amides is 1. The monoisotopic (exact) mass is 384 g/mol. The zero-order chi connectivity index (χ0) is 19.4. The lowest BCUT2D eigenvalue weighted by Gasteiger charge is -2.12. The van der Waals surface area contributed by atoms with Crippen LogP contribution in [0.5, 0.6) is 0 Å². The van der Waals surface area contributed by atoms with Gasteiger partial charge in [-0.1, -0.05) is 43.8 Å². The molecule has 0 aliphatic heterocycles. The van der Waals surface area contributed by atoms with Crippen molar-refractivity contribution in [3.63, 3.8) is 0 Å². The maximum absolute atomic E-state index is 13.0. The Balaban J connectivity index is 1.89. The molecule has 0 aliphatic carbocycles. The molecule has 1 amide bonds. The van der Waals surface area contributed by atoms with E-state index in [9.17, 15) is 9.59 Å². The number of rotatable bonds is 7. The molecule has 0 aliphatic rings. The van der Waals surface area contributed by atoms with Crippen LogP contribution in [0.25, 0.3) is 16.7 Å². The molecule has 2 aromatic heterocycles. The summed E-state index contributed by atoms with van der Waals surface area (Å²) < 4.78 is 1.56. The molecule has 3 rings (SSSR count). The van der Waals surface area contributed by atoms with Crippen molar-refractivity contribution in [3.8, 4) is 5.69 Å². The molecular formula is C20H24N4O2S. The van der Waals surface area contributed by atoms with Gasteiger partial charge in [0.05, 0.1) is 17.0 Å². The van der Waals surface area contributed by atoms with E-state index >= 15 is 0 Å². The summed E-state index contributed by atoms with van der Waals surface area (Å²) in [5, 5.41) is 3.43. The molecule has 3 aromatic rings. The standard InChI is InChI=1S/C20H24N4O2S/c1-13(2)9-10-21-17(25)12-27-20-23-16-11-14(3)22-18(16)19(26)24(20)15-7-5-4-6-8-15/h4-8,11,13,22H,9-10,12H2,1-3H3,(H,21,25). The number of hydrogen-bond donors (Lipinski definition) is 2. The first-order valence-electron chi connectivity index (χ1n) is 9.03. The number of aryl methyl sites for hydroxylation is 1. The maximum Gasteiger partial charge on any atom is 0.283 e. The first-order chi connectivity index (χ1) is 13.0.